The van der Waals surface area contributed by atoms with E-state index in [0.717, 1.165) is 28.4 Å². The van der Waals surface area contributed by atoms with Crippen molar-refractivity contribution in [2.75, 3.05) is 9.80 Å². The van der Waals surface area contributed by atoms with E-state index in [-0.39, 0.29) is 0 Å². The highest BCUT2D eigenvalue weighted by molar-refractivity contribution is 7.26. The quantitative estimate of drug-likeness (QED) is 0.165. The third-order valence-electron chi connectivity index (χ3n) is 12.8. The van der Waals surface area contributed by atoms with Crippen LogP contribution in [0.5, 0.6) is 0 Å². The van der Waals surface area contributed by atoms with Gasteiger partial charge >= 0.3 is 0 Å². The third kappa shape index (κ3) is 4.95. The van der Waals surface area contributed by atoms with E-state index in [4.69, 9.17) is 0 Å². The Morgan fingerprint density at radius 1 is 0.328 bits per heavy atom. The van der Waals surface area contributed by atoms with Gasteiger partial charge in [0.1, 0.15) is 0 Å². The molecule has 1 unspecified atom stereocenters. The van der Waals surface area contributed by atoms with Crippen molar-refractivity contribution >= 4 is 87.1 Å². The fourth-order valence-corrected chi connectivity index (χ4v) is 13.0. The Kier molecular flexibility index (Phi) is 7.59. The molecule has 9 aromatic carbocycles. The van der Waals surface area contributed by atoms with Gasteiger partial charge in [-0.05, 0) is 112 Å². The fraction of sp³-hybridized carbons (Fsp3) is 0.0175. The average Bonchev–Trinajstić information content (AvgIpc) is 4.05. The Morgan fingerprint density at radius 3 is 1.54 bits per heavy atom. The normalized spacial score (nSPS) is 14.6. The Morgan fingerprint density at radius 2 is 0.836 bits per heavy atom. The number of anilines is 6. The highest BCUT2D eigenvalue weighted by Gasteiger charge is 2.54. The van der Waals surface area contributed by atoms with Crippen molar-refractivity contribution in [3.8, 4) is 22.3 Å². The third-order valence-corrected chi connectivity index (χ3v) is 15.3. The van der Waals surface area contributed by atoms with Gasteiger partial charge in [0.15, 0.2) is 0 Å². The van der Waals surface area contributed by atoms with Gasteiger partial charge in [0.25, 0.3) is 0 Å². The van der Waals surface area contributed by atoms with Crippen LogP contribution in [0, 0.1) is 0 Å². The molecule has 1 atom stereocenters. The van der Waals surface area contributed by atoms with Crippen molar-refractivity contribution in [3.63, 3.8) is 0 Å². The Labute approximate surface area is 362 Å². The number of hydrogen-bond acceptors (Lipinski definition) is 4. The van der Waals surface area contributed by atoms with Crippen LogP contribution in [-0.4, -0.2) is 0 Å². The van der Waals surface area contributed by atoms with Crippen LogP contribution in [0.15, 0.2) is 218 Å². The predicted molar refractivity (Wildman–Crippen MR) is 260 cm³/mol. The molecule has 1 spiro atoms. The van der Waals surface area contributed by atoms with Crippen LogP contribution >= 0.6 is 22.7 Å². The molecule has 0 fully saturated rings. The molecular formula is C57H36N2S2. The first-order valence-electron chi connectivity index (χ1n) is 20.8. The summed E-state index contributed by atoms with van der Waals surface area (Å²) in [5.74, 6) is 0. The molecule has 2 nitrogen and oxygen atoms in total. The molecule has 0 bridgehead atoms. The minimum atomic E-state index is -0.544. The lowest BCUT2D eigenvalue weighted by Gasteiger charge is -2.32. The Bertz CT molecular complexity index is 3460. The van der Waals surface area contributed by atoms with Gasteiger partial charge in [0.2, 0.25) is 0 Å². The summed E-state index contributed by atoms with van der Waals surface area (Å²) >= 11 is 3.84. The molecule has 2 aliphatic carbocycles. The standard InChI is InChI=1S/C57H36N2S2/c1-4-17-37(18-5-1)58(38-19-6-2-7-20-38)40-32-34-46-50(35-40)57(56-54(46)47-25-12-15-30-53(47)61-56)48-27-13-10-23-42(48)43-33-31-41(36-49(43)57)59(39-21-8-3-9-22-39)51-28-16-26-45-44-24-11-14-29-52(44)60-55(45)51/h1-36H. The molecule has 61 heavy (non-hydrogen) atoms. The van der Waals surface area contributed by atoms with Crippen LogP contribution in [0.3, 0.4) is 0 Å². The monoisotopic (exact) mass is 812 g/mol. The highest BCUT2D eigenvalue weighted by Crippen LogP contribution is 2.67. The van der Waals surface area contributed by atoms with Crippen LogP contribution in [-0.2, 0) is 5.41 Å². The van der Waals surface area contributed by atoms with Gasteiger partial charge in [0.05, 0.1) is 15.8 Å². The fourth-order valence-electron chi connectivity index (χ4n) is 10.4. The maximum atomic E-state index is 2.52. The number of benzene rings is 9. The summed E-state index contributed by atoms with van der Waals surface area (Å²) in [6.07, 6.45) is 0. The molecule has 0 N–H and O–H groups in total. The van der Waals surface area contributed by atoms with Crippen LogP contribution in [0.25, 0.3) is 52.5 Å². The zero-order chi connectivity index (χ0) is 40.1. The SMILES string of the molecule is c1ccc(N(c2ccccc2)c2ccc3c(c2)C2(c4ccccc4-c4ccc(N(c5ccccc5)c5cccc6c5sc5ccccc56)cc42)c2sc4ccccc4c2-3)cc1. The minimum Gasteiger partial charge on any atom is -0.310 e. The van der Waals surface area contributed by atoms with Crippen molar-refractivity contribution < 1.29 is 0 Å². The van der Waals surface area contributed by atoms with Gasteiger partial charge < -0.3 is 9.80 Å². The van der Waals surface area contributed by atoms with Crippen molar-refractivity contribution in [3.05, 3.63) is 240 Å². The molecule has 286 valence electrons. The van der Waals surface area contributed by atoms with E-state index in [0.29, 0.717) is 0 Å². The van der Waals surface area contributed by atoms with E-state index in [1.165, 1.54) is 79.8 Å². The van der Waals surface area contributed by atoms with Crippen LogP contribution in [0.2, 0.25) is 0 Å². The predicted octanol–water partition coefficient (Wildman–Crippen LogP) is 16.6. The lowest BCUT2D eigenvalue weighted by atomic mass is 9.73. The van der Waals surface area contributed by atoms with Crippen molar-refractivity contribution in [1.29, 1.82) is 0 Å². The number of hydrogen-bond donors (Lipinski definition) is 0. The van der Waals surface area contributed by atoms with E-state index in [2.05, 4.69) is 228 Å². The molecule has 2 aliphatic rings. The summed E-state index contributed by atoms with van der Waals surface area (Å²) < 4.78 is 3.91. The number of para-hydroxylation sites is 3. The van der Waals surface area contributed by atoms with E-state index in [9.17, 15) is 0 Å². The summed E-state index contributed by atoms with van der Waals surface area (Å²) in [4.78, 5) is 6.28. The number of thiophene rings is 2. The molecular weight excluding hydrogens is 777 g/mol. The Balaban J connectivity index is 1.11. The summed E-state index contributed by atoms with van der Waals surface area (Å²) in [6.45, 7) is 0. The molecule has 0 amide bonds. The molecule has 4 heteroatoms. The second kappa shape index (κ2) is 13.4. The van der Waals surface area contributed by atoms with Gasteiger partial charge in [0, 0.05) is 64.4 Å². The molecule has 13 rings (SSSR count). The second-order valence-corrected chi connectivity index (χ2v) is 18.1. The van der Waals surface area contributed by atoms with Gasteiger partial charge in [-0.15, -0.1) is 22.7 Å². The molecule has 0 radical (unpaired) electrons. The molecule has 0 aliphatic heterocycles. The first-order valence-corrected chi connectivity index (χ1v) is 22.5. The van der Waals surface area contributed by atoms with Gasteiger partial charge in [-0.2, -0.15) is 0 Å². The zero-order valence-electron chi connectivity index (χ0n) is 33.0. The topological polar surface area (TPSA) is 6.48 Å². The minimum absolute atomic E-state index is 0.544. The smallest absolute Gasteiger partial charge is 0.0820 e. The van der Waals surface area contributed by atoms with Crippen molar-refractivity contribution in [1.82, 2.24) is 0 Å². The number of nitrogens with zero attached hydrogens (tertiary/aromatic N) is 2. The van der Waals surface area contributed by atoms with E-state index < -0.39 is 5.41 Å². The maximum absolute atomic E-state index is 2.52. The summed E-state index contributed by atoms with van der Waals surface area (Å²) in [7, 11) is 0. The lowest BCUT2D eigenvalue weighted by Crippen LogP contribution is -2.25. The summed E-state index contributed by atoms with van der Waals surface area (Å²) in [5, 5.41) is 3.91. The Hall–Kier alpha value is -7.24. The average molecular weight is 813 g/mol. The summed E-state index contributed by atoms with van der Waals surface area (Å²) in [5.41, 5.74) is 15.6. The molecule has 11 aromatic rings. The molecule has 0 saturated carbocycles. The molecule has 2 heterocycles. The molecule has 0 saturated heterocycles. The largest absolute Gasteiger partial charge is 0.310 e. The maximum Gasteiger partial charge on any atom is 0.0820 e. The van der Waals surface area contributed by atoms with Gasteiger partial charge in [-0.25, -0.2) is 0 Å². The van der Waals surface area contributed by atoms with Crippen LogP contribution in [0.4, 0.5) is 34.1 Å². The van der Waals surface area contributed by atoms with E-state index in [1.807, 2.05) is 22.7 Å². The second-order valence-electron chi connectivity index (χ2n) is 16.0. The van der Waals surface area contributed by atoms with Crippen LogP contribution < -0.4 is 9.80 Å². The van der Waals surface area contributed by atoms with Crippen LogP contribution in [0.1, 0.15) is 21.6 Å². The van der Waals surface area contributed by atoms with Crippen molar-refractivity contribution in [2.45, 2.75) is 5.41 Å². The zero-order valence-corrected chi connectivity index (χ0v) is 34.6. The lowest BCUT2D eigenvalue weighted by molar-refractivity contribution is 0.811. The number of rotatable bonds is 6. The number of fused-ring (bicyclic) bond motifs is 15. The molecule has 2 aromatic heterocycles. The first kappa shape index (κ1) is 34.6. The van der Waals surface area contributed by atoms with E-state index in [1.54, 1.807) is 0 Å². The van der Waals surface area contributed by atoms with Gasteiger partial charge in [-0.1, -0.05) is 140 Å². The van der Waals surface area contributed by atoms with Gasteiger partial charge in [-0.3, -0.25) is 0 Å². The highest BCUT2D eigenvalue weighted by atomic mass is 32.1. The first-order chi connectivity index (χ1) is 30.3. The van der Waals surface area contributed by atoms with E-state index >= 15 is 0 Å². The van der Waals surface area contributed by atoms with Crippen molar-refractivity contribution in [2.24, 2.45) is 0 Å². The summed E-state index contributed by atoms with van der Waals surface area (Å²) in [6, 6.07) is 80.7.